The van der Waals surface area contributed by atoms with E-state index in [-0.39, 0.29) is 30.0 Å². The second-order valence-corrected chi connectivity index (χ2v) is 8.48. The molecule has 0 bridgehead atoms. The Balaban J connectivity index is 1.37. The minimum Gasteiger partial charge on any atom is -0.443 e. The lowest BCUT2D eigenvalue weighted by atomic mass is 9.63. The molecule has 5 atom stereocenters. The van der Waals surface area contributed by atoms with E-state index in [1.54, 1.807) is 12.3 Å². The Bertz CT molecular complexity index is 927. The Kier molecular flexibility index (Phi) is 4.82. The van der Waals surface area contributed by atoms with Crippen LogP contribution in [-0.2, 0) is 4.74 Å². The molecular weight excluding hydrogens is 367 g/mol. The van der Waals surface area contributed by atoms with E-state index in [1.807, 2.05) is 24.3 Å². The predicted molar refractivity (Wildman–Crippen MR) is 109 cm³/mol. The van der Waals surface area contributed by atoms with Crippen LogP contribution in [0.4, 0.5) is 9.18 Å². The van der Waals surface area contributed by atoms with E-state index in [9.17, 15) is 9.18 Å². The Labute approximate surface area is 170 Å². The molecule has 3 unspecified atom stereocenters. The molecule has 5 rings (SSSR count). The molecule has 1 aliphatic heterocycles. The summed E-state index contributed by atoms with van der Waals surface area (Å²) in [5, 5.41) is 3.01. The third kappa shape index (κ3) is 3.66. The van der Waals surface area contributed by atoms with Gasteiger partial charge in [0.15, 0.2) is 0 Å². The standard InChI is InChI=1S/C24H25FN2O2/c25-18-6-3-5-15(12-18)17-8-9-19(26-14-17)10-11-21-20-7-2-1-4-16(20)13-22-23(21)29-24(28)27-22/h3,5-6,8-12,14,16,20-23H,1-2,4,7,13H2,(H,27,28)/b11-10+/t16?,20?,21?,22-,23+/m0/s1. The highest BCUT2D eigenvalue weighted by molar-refractivity contribution is 5.70. The third-order valence-corrected chi connectivity index (χ3v) is 6.77. The maximum atomic E-state index is 13.5. The number of benzene rings is 1. The number of nitrogens with zero attached hydrogens (tertiary/aromatic N) is 1. The van der Waals surface area contributed by atoms with E-state index < -0.39 is 0 Å². The highest BCUT2D eigenvalue weighted by Crippen LogP contribution is 2.46. The van der Waals surface area contributed by atoms with Crippen molar-refractivity contribution in [1.82, 2.24) is 10.3 Å². The van der Waals surface area contributed by atoms with Crippen LogP contribution < -0.4 is 5.32 Å². The van der Waals surface area contributed by atoms with Gasteiger partial charge >= 0.3 is 6.09 Å². The number of carbonyl (C=O) groups excluding carboxylic acids is 1. The van der Waals surface area contributed by atoms with Crippen LogP contribution in [0, 0.1) is 23.6 Å². The first-order valence-electron chi connectivity index (χ1n) is 10.5. The van der Waals surface area contributed by atoms with Crippen molar-refractivity contribution in [1.29, 1.82) is 0 Å². The predicted octanol–water partition coefficient (Wildman–Crippen LogP) is 5.20. The van der Waals surface area contributed by atoms with Gasteiger partial charge in [0.2, 0.25) is 0 Å². The Morgan fingerprint density at radius 1 is 1.14 bits per heavy atom. The smallest absolute Gasteiger partial charge is 0.407 e. The Hall–Kier alpha value is -2.69. The molecule has 150 valence electrons. The summed E-state index contributed by atoms with van der Waals surface area (Å²) in [5.74, 6) is 1.20. The SMILES string of the molecule is O=C1N[C@H]2CC3CCCCC3C(/C=C/c3ccc(-c4cccc(F)c4)cn3)[C@H]2O1. The molecule has 3 aliphatic rings. The number of pyridine rings is 1. The van der Waals surface area contributed by atoms with E-state index in [2.05, 4.69) is 16.4 Å². The van der Waals surface area contributed by atoms with E-state index in [4.69, 9.17) is 4.74 Å². The number of nitrogens with one attached hydrogen (secondary N) is 1. The Morgan fingerprint density at radius 2 is 2.03 bits per heavy atom. The molecule has 29 heavy (non-hydrogen) atoms. The number of aromatic nitrogens is 1. The van der Waals surface area contributed by atoms with Crippen molar-refractivity contribution >= 4 is 12.2 Å². The number of hydrogen-bond donors (Lipinski definition) is 1. The number of carbonyl (C=O) groups is 1. The average Bonchev–Trinajstić information content (AvgIpc) is 3.11. The monoisotopic (exact) mass is 392 g/mol. The lowest BCUT2D eigenvalue weighted by molar-refractivity contribution is 0.0127. The lowest BCUT2D eigenvalue weighted by Gasteiger charge is -2.44. The number of alkyl carbamates (subject to hydrolysis) is 1. The minimum absolute atomic E-state index is 0.0790. The summed E-state index contributed by atoms with van der Waals surface area (Å²) < 4.78 is 19.1. The molecule has 2 aliphatic carbocycles. The fraction of sp³-hybridized carbons (Fsp3) is 0.417. The van der Waals surface area contributed by atoms with Crippen LogP contribution in [0.3, 0.4) is 0 Å². The van der Waals surface area contributed by atoms with Crippen molar-refractivity contribution in [3.8, 4) is 11.1 Å². The molecule has 0 spiro atoms. The van der Waals surface area contributed by atoms with Crippen molar-refractivity contribution < 1.29 is 13.9 Å². The summed E-state index contributed by atoms with van der Waals surface area (Å²) in [7, 11) is 0. The summed E-state index contributed by atoms with van der Waals surface area (Å²) in [6.45, 7) is 0. The molecule has 2 heterocycles. The highest BCUT2D eigenvalue weighted by atomic mass is 19.1. The lowest BCUT2D eigenvalue weighted by Crippen LogP contribution is -2.48. The van der Waals surface area contributed by atoms with Gasteiger partial charge in [0.25, 0.3) is 0 Å². The minimum atomic E-state index is -0.283. The maximum absolute atomic E-state index is 13.5. The highest BCUT2D eigenvalue weighted by Gasteiger charge is 2.49. The van der Waals surface area contributed by atoms with Gasteiger partial charge in [-0.3, -0.25) is 4.98 Å². The van der Waals surface area contributed by atoms with Gasteiger partial charge < -0.3 is 10.1 Å². The van der Waals surface area contributed by atoms with Crippen LogP contribution in [0.15, 0.2) is 48.7 Å². The normalized spacial score (nSPS) is 31.1. The van der Waals surface area contributed by atoms with Gasteiger partial charge in [-0.05, 0) is 54.5 Å². The van der Waals surface area contributed by atoms with E-state index >= 15 is 0 Å². The summed E-state index contributed by atoms with van der Waals surface area (Å²) in [5.41, 5.74) is 2.56. The van der Waals surface area contributed by atoms with E-state index in [0.29, 0.717) is 11.8 Å². The summed E-state index contributed by atoms with van der Waals surface area (Å²) >= 11 is 0. The average molecular weight is 392 g/mol. The van der Waals surface area contributed by atoms with Crippen molar-refractivity contribution in [2.45, 2.75) is 44.2 Å². The molecule has 1 saturated heterocycles. The van der Waals surface area contributed by atoms with Crippen molar-refractivity contribution in [3.05, 3.63) is 60.2 Å². The first-order valence-corrected chi connectivity index (χ1v) is 10.5. The Morgan fingerprint density at radius 3 is 2.86 bits per heavy atom. The maximum Gasteiger partial charge on any atom is 0.407 e. The molecule has 0 radical (unpaired) electrons. The van der Waals surface area contributed by atoms with Gasteiger partial charge in [0, 0.05) is 17.7 Å². The van der Waals surface area contributed by atoms with Crippen LogP contribution in [0.2, 0.25) is 0 Å². The third-order valence-electron chi connectivity index (χ3n) is 6.77. The topological polar surface area (TPSA) is 51.2 Å². The second kappa shape index (κ2) is 7.62. The number of rotatable bonds is 3. The number of amides is 1. The van der Waals surface area contributed by atoms with E-state index in [1.165, 1.54) is 37.8 Å². The van der Waals surface area contributed by atoms with Crippen molar-refractivity contribution in [3.63, 3.8) is 0 Å². The van der Waals surface area contributed by atoms with Crippen LogP contribution >= 0.6 is 0 Å². The van der Waals surface area contributed by atoms with Gasteiger partial charge in [-0.25, -0.2) is 9.18 Å². The van der Waals surface area contributed by atoms with E-state index in [0.717, 1.165) is 23.2 Å². The summed E-state index contributed by atoms with van der Waals surface area (Å²) in [4.78, 5) is 16.4. The van der Waals surface area contributed by atoms with Crippen LogP contribution in [0.1, 0.15) is 37.8 Å². The molecule has 1 N–H and O–H groups in total. The van der Waals surface area contributed by atoms with Crippen molar-refractivity contribution in [2.24, 2.45) is 17.8 Å². The number of hydrogen-bond acceptors (Lipinski definition) is 3. The number of ether oxygens (including phenoxy) is 1. The van der Waals surface area contributed by atoms with Crippen LogP contribution in [0.5, 0.6) is 0 Å². The van der Waals surface area contributed by atoms with Crippen molar-refractivity contribution in [2.75, 3.05) is 0 Å². The molecule has 2 aromatic rings. The van der Waals surface area contributed by atoms with Gasteiger partial charge in [-0.15, -0.1) is 0 Å². The number of fused-ring (bicyclic) bond motifs is 2. The van der Waals surface area contributed by atoms with Gasteiger partial charge in [0.1, 0.15) is 11.9 Å². The molecule has 3 fully saturated rings. The fourth-order valence-electron chi connectivity index (χ4n) is 5.42. The molecule has 1 amide bonds. The molecule has 1 aromatic heterocycles. The largest absolute Gasteiger partial charge is 0.443 e. The zero-order chi connectivity index (χ0) is 19.8. The molecular formula is C24H25FN2O2. The molecule has 2 saturated carbocycles. The molecule has 5 heteroatoms. The van der Waals surface area contributed by atoms with Gasteiger partial charge in [-0.2, -0.15) is 0 Å². The first kappa shape index (κ1) is 18.3. The zero-order valence-electron chi connectivity index (χ0n) is 16.3. The fourth-order valence-corrected chi connectivity index (χ4v) is 5.42. The summed E-state index contributed by atoms with van der Waals surface area (Å²) in [6, 6.07) is 10.6. The molecule has 1 aromatic carbocycles. The second-order valence-electron chi connectivity index (χ2n) is 8.48. The summed E-state index contributed by atoms with van der Waals surface area (Å²) in [6.07, 6.45) is 11.7. The molecule has 4 nitrogen and oxygen atoms in total. The quantitative estimate of drug-likeness (QED) is 0.781. The van der Waals surface area contributed by atoms with Crippen LogP contribution in [-0.4, -0.2) is 23.2 Å². The zero-order valence-corrected chi connectivity index (χ0v) is 16.3. The first-order chi connectivity index (χ1) is 14.2. The number of halogens is 1. The van der Waals surface area contributed by atoms with Crippen LogP contribution in [0.25, 0.3) is 17.2 Å². The van der Waals surface area contributed by atoms with Gasteiger partial charge in [0.05, 0.1) is 11.7 Å². The van der Waals surface area contributed by atoms with Gasteiger partial charge in [-0.1, -0.05) is 43.5 Å².